The summed E-state index contributed by atoms with van der Waals surface area (Å²) < 4.78 is 0. The third-order valence-corrected chi connectivity index (χ3v) is 4.85. The number of nitrogens with zero attached hydrogens (tertiary/aromatic N) is 1. The van der Waals surface area contributed by atoms with Gasteiger partial charge in [0.1, 0.15) is 0 Å². The molecule has 3 nitrogen and oxygen atoms in total. The summed E-state index contributed by atoms with van der Waals surface area (Å²) in [7, 11) is 0. The van der Waals surface area contributed by atoms with Gasteiger partial charge in [0.25, 0.3) is 0 Å². The van der Waals surface area contributed by atoms with Crippen molar-refractivity contribution in [2.75, 3.05) is 13.1 Å². The average Bonchev–Trinajstić information content (AvgIpc) is 2.99. The maximum Gasteiger partial charge on any atom is 0.222 e. The highest BCUT2D eigenvalue weighted by Crippen LogP contribution is 2.37. The molecule has 3 fully saturated rings. The minimum atomic E-state index is 0.421. The maximum absolute atomic E-state index is 12.2. The molecule has 2 saturated heterocycles. The number of fused-ring (bicyclic) bond motifs is 2. The van der Waals surface area contributed by atoms with Crippen molar-refractivity contribution in [2.45, 2.75) is 63.5 Å². The number of rotatable bonds is 3. The Labute approximate surface area is 104 Å². The Morgan fingerprint density at radius 3 is 2.82 bits per heavy atom. The summed E-state index contributed by atoms with van der Waals surface area (Å²) in [4.78, 5) is 14.4. The van der Waals surface area contributed by atoms with E-state index in [4.69, 9.17) is 0 Å². The van der Waals surface area contributed by atoms with Crippen LogP contribution in [0.3, 0.4) is 0 Å². The monoisotopic (exact) mass is 236 g/mol. The first kappa shape index (κ1) is 11.5. The van der Waals surface area contributed by atoms with Gasteiger partial charge in [-0.05, 0) is 51.0 Å². The molecular weight excluding hydrogens is 212 g/mol. The van der Waals surface area contributed by atoms with Crippen molar-refractivity contribution in [3.63, 3.8) is 0 Å². The number of carbonyl (C=O) groups is 1. The molecule has 0 radical (unpaired) electrons. The smallest absolute Gasteiger partial charge is 0.222 e. The van der Waals surface area contributed by atoms with E-state index in [1.54, 1.807) is 0 Å². The average molecular weight is 236 g/mol. The van der Waals surface area contributed by atoms with Crippen LogP contribution in [0.4, 0.5) is 0 Å². The van der Waals surface area contributed by atoms with E-state index in [0.29, 0.717) is 18.0 Å². The molecule has 1 amide bonds. The summed E-state index contributed by atoms with van der Waals surface area (Å²) in [6, 6.07) is 1.21. The minimum absolute atomic E-state index is 0.421. The lowest BCUT2D eigenvalue weighted by Crippen LogP contribution is -2.39. The van der Waals surface area contributed by atoms with Crippen LogP contribution < -0.4 is 5.32 Å². The molecule has 3 atom stereocenters. The van der Waals surface area contributed by atoms with Crippen LogP contribution >= 0.6 is 0 Å². The second-order valence-corrected chi connectivity index (χ2v) is 6.06. The highest BCUT2D eigenvalue weighted by molar-refractivity contribution is 5.77. The molecular formula is C14H24N2O. The molecule has 3 heteroatoms. The summed E-state index contributed by atoms with van der Waals surface area (Å²) in [5.74, 6) is 1.25. The number of carbonyl (C=O) groups excluding carboxylic acids is 1. The van der Waals surface area contributed by atoms with E-state index in [-0.39, 0.29) is 0 Å². The van der Waals surface area contributed by atoms with E-state index in [9.17, 15) is 4.79 Å². The Morgan fingerprint density at radius 2 is 2.18 bits per heavy atom. The third-order valence-electron chi connectivity index (χ3n) is 4.85. The molecule has 17 heavy (non-hydrogen) atoms. The van der Waals surface area contributed by atoms with Crippen LogP contribution in [0.2, 0.25) is 0 Å². The molecule has 0 aromatic rings. The predicted octanol–water partition coefficient (Wildman–Crippen LogP) is 1.92. The van der Waals surface area contributed by atoms with Gasteiger partial charge in [-0.2, -0.15) is 0 Å². The van der Waals surface area contributed by atoms with E-state index in [1.165, 1.54) is 38.5 Å². The first-order chi connectivity index (χ1) is 8.33. The van der Waals surface area contributed by atoms with Crippen LogP contribution in [0.5, 0.6) is 0 Å². The summed E-state index contributed by atoms with van der Waals surface area (Å²) in [5.41, 5.74) is 0. The largest absolute Gasteiger partial charge is 0.339 e. The zero-order chi connectivity index (χ0) is 11.7. The van der Waals surface area contributed by atoms with Crippen LogP contribution in [-0.2, 0) is 4.79 Å². The molecule has 3 unspecified atom stereocenters. The Kier molecular flexibility index (Phi) is 3.37. The number of likely N-dealkylation sites (tertiary alicyclic amines) is 1. The normalized spacial score (nSPS) is 36.5. The zero-order valence-electron chi connectivity index (χ0n) is 10.7. The Morgan fingerprint density at radius 1 is 1.24 bits per heavy atom. The molecule has 0 spiro atoms. The van der Waals surface area contributed by atoms with Crippen molar-refractivity contribution in [1.29, 1.82) is 0 Å². The molecule has 3 aliphatic rings. The fraction of sp³-hybridized carbons (Fsp3) is 0.929. The zero-order valence-corrected chi connectivity index (χ0v) is 10.7. The number of nitrogens with one attached hydrogen (secondary N) is 1. The van der Waals surface area contributed by atoms with Gasteiger partial charge in [-0.1, -0.05) is 6.42 Å². The lowest BCUT2D eigenvalue weighted by molar-refractivity contribution is -0.133. The summed E-state index contributed by atoms with van der Waals surface area (Å²) in [5, 5.41) is 3.53. The number of hydrogen-bond acceptors (Lipinski definition) is 2. The van der Waals surface area contributed by atoms with E-state index in [1.807, 2.05) is 0 Å². The van der Waals surface area contributed by atoms with Gasteiger partial charge in [0, 0.05) is 25.0 Å². The Bertz CT molecular complexity index is 286. The fourth-order valence-corrected chi connectivity index (χ4v) is 3.84. The molecule has 1 saturated carbocycles. The Balaban J connectivity index is 1.44. The van der Waals surface area contributed by atoms with Crippen LogP contribution in [-0.4, -0.2) is 36.0 Å². The highest BCUT2D eigenvalue weighted by Gasteiger charge is 2.39. The van der Waals surface area contributed by atoms with Gasteiger partial charge in [-0.25, -0.2) is 0 Å². The van der Waals surface area contributed by atoms with E-state index in [2.05, 4.69) is 10.2 Å². The molecule has 0 aromatic heterocycles. The van der Waals surface area contributed by atoms with Gasteiger partial charge in [0.2, 0.25) is 5.91 Å². The first-order valence-electron chi connectivity index (χ1n) is 7.36. The maximum atomic E-state index is 12.2. The summed E-state index contributed by atoms with van der Waals surface area (Å²) in [6.07, 6.45) is 9.62. The third kappa shape index (κ3) is 2.49. The van der Waals surface area contributed by atoms with Crippen molar-refractivity contribution in [1.82, 2.24) is 10.2 Å². The van der Waals surface area contributed by atoms with E-state index >= 15 is 0 Å². The first-order valence-corrected chi connectivity index (χ1v) is 7.36. The van der Waals surface area contributed by atoms with Crippen LogP contribution in [0.15, 0.2) is 0 Å². The van der Waals surface area contributed by atoms with Gasteiger partial charge in [0.05, 0.1) is 0 Å². The van der Waals surface area contributed by atoms with Crippen molar-refractivity contribution in [2.24, 2.45) is 5.92 Å². The molecule has 2 aliphatic heterocycles. The number of hydrogen-bond donors (Lipinski definition) is 1. The quantitative estimate of drug-likeness (QED) is 0.812. The minimum Gasteiger partial charge on any atom is -0.339 e. The lowest BCUT2D eigenvalue weighted by atomic mass is 10.00. The highest BCUT2D eigenvalue weighted by atomic mass is 16.2. The molecule has 3 rings (SSSR count). The summed E-state index contributed by atoms with van der Waals surface area (Å²) >= 11 is 0. The van der Waals surface area contributed by atoms with Crippen molar-refractivity contribution in [3.8, 4) is 0 Å². The van der Waals surface area contributed by atoms with Gasteiger partial charge in [0.15, 0.2) is 0 Å². The van der Waals surface area contributed by atoms with Crippen LogP contribution in [0.1, 0.15) is 51.4 Å². The molecule has 1 N–H and O–H groups in total. The van der Waals surface area contributed by atoms with Gasteiger partial charge in [-0.15, -0.1) is 0 Å². The van der Waals surface area contributed by atoms with Crippen LogP contribution in [0, 0.1) is 5.92 Å². The second kappa shape index (κ2) is 4.97. The topological polar surface area (TPSA) is 32.3 Å². The second-order valence-electron chi connectivity index (χ2n) is 6.06. The van der Waals surface area contributed by atoms with Crippen molar-refractivity contribution < 1.29 is 4.79 Å². The van der Waals surface area contributed by atoms with E-state index < -0.39 is 0 Å². The fourth-order valence-electron chi connectivity index (χ4n) is 3.84. The van der Waals surface area contributed by atoms with E-state index in [0.717, 1.165) is 31.8 Å². The lowest BCUT2D eigenvalue weighted by Gasteiger charge is -2.28. The SMILES string of the molecule is O=C(CCC1CCCCN1)N1CC2CCC1C2. The van der Waals surface area contributed by atoms with Gasteiger partial charge >= 0.3 is 0 Å². The molecule has 2 bridgehead atoms. The van der Waals surface area contributed by atoms with Crippen LogP contribution in [0.25, 0.3) is 0 Å². The standard InChI is InChI=1S/C14H24N2O/c17-14(7-5-12-3-1-2-8-15-12)16-10-11-4-6-13(16)9-11/h11-13,15H,1-10H2. The predicted molar refractivity (Wildman–Crippen MR) is 67.7 cm³/mol. The molecule has 2 heterocycles. The van der Waals surface area contributed by atoms with Gasteiger partial charge in [-0.3, -0.25) is 4.79 Å². The number of amides is 1. The molecule has 0 aromatic carbocycles. The molecule has 1 aliphatic carbocycles. The van der Waals surface area contributed by atoms with Gasteiger partial charge < -0.3 is 10.2 Å². The van der Waals surface area contributed by atoms with Crippen molar-refractivity contribution in [3.05, 3.63) is 0 Å². The van der Waals surface area contributed by atoms with Crippen molar-refractivity contribution >= 4 is 5.91 Å². The number of piperidine rings is 2. The summed E-state index contributed by atoms with van der Waals surface area (Å²) in [6.45, 7) is 2.20. The Hall–Kier alpha value is -0.570. The molecule has 96 valence electrons.